The van der Waals surface area contributed by atoms with Crippen LogP contribution in [0.15, 0.2) is 0 Å². The predicted molar refractivity (Wildman–Crippen MR) is 54.8 cm³/mol. The zero-order valence-corrected chi connectivity index (χ0v) is 9.03. The number of nitrogens with two attached hydrogens (primary N) is 1. The average Bonchev–Trinajstić information content (AvgIpc) is 2.44. The summed E-state index contributed by atoms with van der Waals surface area (Å²) in [4.78, 5) is 13.3. The molecule has 0 aromatic carbocycles. The number of nitrogens with zero attached hydrogens (tertiary/aromatic N) is 1. The quantitative estimate of drug-likeness (QED) is 0.690. The molecule has 2 unspecified atom stereocenters. The molecule has 0 bridgehead atoms. The van der Waals surface area contributed by atoms with E-state index in [2.05, 4.69) is 6.92 Å². The molecule has 4 nitrogen and oxygen atoms in total. The standard InChI is InChI=1S/C10H20N2O2/c1-3-14-9(5-11)7-12-6-8(2)4-10(12)13/h8-9H,3-7,11H2,1-2H3. The largest absolute Gasteiger partial charge is 0.375 e. The molecule has 1 aliphatic rings. The Morgan fingerprint density at radius 2 is 2.43 bits per heavy atom. The maximum Gasteiger partial charge on any atom is 0.223 e. The molecule has 0 saturated carbocycles. The first-order valence-electron chi connectivity index (χ1n) is 5.26. The van der Waals surface area contributed by atoms with E-state index in [0.717, 1.165) is 6.54 Å². The van der Waals surface area contributed by atoms with Crippen molar-refractivity contribution in [3.05, 3.63) is 0 Å². The van der Waals surface area contributed by atoms with Crippen molar-refractivity contribution in [2.75, 3.05) is 26.2 Å². The molecule has 0 aromatic rings. The number of carbonyl (C=O) groups is 1. The van der Waals surface area contributed by atoms with Gasteiger partial charge in [0.25, 0.3) is 0 Å². The van der Waals surface area contributed by atoms with Crippen molar-refractivity contribution in [3.63, 3.8) is 0 Å². The van der Waals surface area contributed by atoms with Gasteiger partial charge in [0, 0.05) is 32.7 Å². The molecule has 1 aliphatic heterocycles. The Labute approximate surface area is 85.4 Å². The number of hydrogen-bond acceptors (Lipinski definition) is 3. The van der Waals surface area contributed by atoms with E-state index in [-0.39, 0.29) is 12.0 Å². The van der Waals surface area contributed by atoms with Crippen molar-refractivity contribution in [1.29, 1.82) is 0 Å². The first-order chi connectivity index (χ1) is 6.67. The Morgan fingerprint density at radius 3 is 2.86 bits per heavy atom. The van der Waals surface area contributed by atoms with Crippen LogP contribution in [0.3, 0.4) is 0 Å². The molecular weight excluding hydrogens is 180 g/mol. The highest BCUT2D eigenvalue weighted by molar-refractivity contribution is 5.78. The number of amides is 1. The highest BCUT2D eigenvalue weighted by atomic mass is 16.5. The second-order valence-electron chi connectivity index (χ2n) is 3.92. The lowest BCUT2D eigenvalue weighted by Gasteiger charge is -2.22. The average molecular weight is 200 g/mol. The highest BCUT2D eigenvalue weighted by Crippen LogP contribution is 2.17. The molecule has 1 heterocycles. The van der Waals surface area contributed by atoms with E-state index in [1.807, 2.05) is 11.8 Å². The predicted octanol–water partition coefficient (Wildman–Crippen LogP) is 0.219. The van der Waals surface area contributed by atoms with Crippen molar-refractivity contribution in [2.45, 2.75) is 26.4 Å². The van der Waals surface area contributed by atoms with E-state index < -0.39 is 0 Å². The van der Waals surface area contributed by atoms with Crippen LogP contribution in [0.5, 0.6) is 0 Å². The number of carbonyl (C=O) groups excluding carboxylic acids is 1. The van der Waals surface area contributed by atoms with Gasteiger partial charge in [-0.05, 0) is 12.8 Å². The lowest BCUT2D eigenvalue weighted by atomic mass is 10.2. The van der Waals surface area contributed by atoms with Gasteiger partial charge in [0.1, 0.15) is 0 Å². The molecule has 1 rings (SSSR count). The van der Waals surface area contributed by atoms with E-state index in [1.54, 1.807) is 0 Å². The lowest BCUT2D eigenvalue weighted by Crippen LogP contribution is -2.39. The summed E-state index contributed by atoms with van der Waals surface area (Å²) < 4.78 is 5.42. The van der Waals surface area contributed by atoms with Gasteiger partial charge in [-0.3, -0.25) is 4.79 Å². The van der Waals surface area contributed by atoms with Gasteiger partial charge >= 0.3 is 0 Å². The second kappa shape index (κ2) is 5.32. The van der Waals surface area contributed by atoms with Crippen LogP contribution < -0.4 is 5.73 Å². The molecule has 4 heteroatoms. The van der Waals surface area contributed by atoms with Crippen LogP contribution in [0.1, 0.15) is 20.3 Å². The minimum absolute atomic E-state index is 0.00532. The SMILES string of the molecule is CCOC(CN)CN1CC(C)CC1=O. The smallest absolute Gasteiger partial charge is 0.223 e. The minimum atomic E-state index is -0.00532. The van der Waals surface area contributed by atoms with Crippen LogP contribution in [-0.4, -0.2) is 43.2 Å². The van der Waals surface area contributed by atoms with Crippen molar-refractivity contribution in [3.8, 4) is 0 Å². The van der Waals surface area contributed by atoms with Crippen LogP contribution in [0, 0.1) is 5.92 Å². The van der Waals surface area contributed by atoms with Crippen molar-refractivity contribution >= 4 is 5.91 Å². The lowest BCUT2D eigenvalue weighted by molar-refractivity contribution is -0.129. The molecule has 1 amide bonds. The Morgan fingerprint density at radius 1 is 1.71 bits per heavy atom. The molecule has 0 aliphatic carbocycles. The monoisotopic (exact) mass is 200 g/mol. The van der Waals surface area contributed by atoms with Gasteiger partial charge < -0.3 is 15.4 Å². The van der Waals surface area contributed by atoms with Gasteiger partial charge in [-0.25, -0.2) is 0 Å². The molecule has 2 N–H and O–H groups in total. The van der Waals surface area contributed by atoms with Crippen LogP contribution in [0.4, 0.5) is 0 Å². The van der Waals surface area contributed by atoms with Gasteiger partial charge in [0.05, 0.1) is 6.10 Å². The summed E-state index contributed by atoms with van der Waals surface area (Å²) in [6, 6.07) is 0. The van der Waals surface area contributed by atoms with Crippen LogP contribution in [-0.2, 0) is 9.53 Å². The van der Waals surface area contributed by atoms with E-state index in [9.17, 15) is 4.79 Å². The van der Waals surface area contributed by atoms with Gasteiger partial charge in [-0.15, -0.1) is 0 Å². The first kappa shape index (κ1) is 11.5. The minimum Gasteiger partial charge on any atom is -0.375 e. The van der Waals surface area contributed by atoms with E-state index in [0.29, 0.717) is 32.0 Å². The summed E-state index contributed by atoms with van der Waals surface area (Å²) >= 11 is 0. The molecule has 0 radical (unpaired) electrons. The zero-order chi connectivity index (χ0) is 10.6. The summed E-state index contributed by atoms with van der Waals surface area (Å²) in [5.41, 5.74) is 5.55. The molecule has 0 aromatic heterocycles. The molecule has 0 spiro atoms. The molecule has 1 saturated heterocycles. The van der Waals surface area contributed by atoms with Crippen molar-refractivity contribution in [1.82, 2.24) is 4.90 Å². The Balaban J connectivity index is 2.38. The maximum absolute atomic E-state index is 11.5. The second-order valence-corrected chi connectivity index (χ2v) is 3.92. The number of rotatable bonds is 5. The normalized spacial score (nSPS) is 24.4. The molecule has 82 valence electrons. The first-order valence-corrected chi connectivity index (χ1v) is 5.26. The third kappa shape index (κ3) is 2.96. The summed E-state index contributed by atoms with van der Waals surface area (Å²) in [6.07, 6.45) is 0.665. The van der Waals surface area contributed by atoms with E-state index >= 15 is 0 Å². The van der Waals surface area contributed by atoms with Crippen LogP contribution in [0.25, 0.3) is 0 Å². The summed E-state index contributed by atoms with van der Waals surface area (Å²) in [6.45, 7) is 6.66. The number of likely N-dealkylation sites (tertiary alicyclic amines) is 1. The Kier molecular flexibility index (Phi) is 4.35. The molecular formula is C10H20N2O2. The topological polar surface area (TPSA) is 55.6 Å². The van der Waals surface area contributed by atoms with Crippen LogP contribution >= 0.6 is 0 Å². The fourth-order valence-electron chi connectivity index (χ4n) is 1.82. The van der Waals surface area contributed by atoms with Crippen LogP contribution in [0.2, 0.25) is 0 Å². The fourth-order valence-corrected chi connectivity index (χ4v) is 1.82. The summed E-state index contributed by atoms with van der Waals surface area (Å²) in [5.74, 6) is 0.707. The third-order valence-electron chi connectivity index (χ3n) is 2.50. The third-order valence-corrected chi connectivity index (χ3v) is 2.50. The van der Waals surface area contributed by atoms with Gasteiger partial charge in [-0.2, -0.15) is 0 Å². The molecule has 1 fully saturated rings. The summed E-state index contributed by atoms with van der Waals surface area (Å²) in [5, 5.41) is 0. The number of ether oxygens (including phenoxy) is 1. The Bertz CT molecular complexity index is 197. The molecule has 2 atom stereocenters. The van der Waals surface area contributed by atoms with Crippen molar-refractivity contribution < 1.29 is 9.53 Å². The number of hydrogen-bond donors (Lipinski definition) is 1. The van der Waals surface area contributed by atoms with Gasteiger partial charge in [0.2, 0.25) is 5.91 Å². The van der Waals surface area contributed by atoms with Crippen molar-refractivity contribution in [2.24, 2.45) is 11.7 Å². The highest BCUT2D eigenvalue weighted by Gasteiger charge is 2.27. The molecule has 14 heavy (non-hydrogen) atoms. The van der Waals surface area contributed by atoms with Gasteiger partial charge in [-0.1, -0.05) is 6.92 Å². The van der Waals surface area contributed by atoms with Gasteiger partial charge in [0.15, 0.2) is 0 Å². The van der Waals surface area contributed by atoms with E-state index in [4.69, 9.17) is 10.5 Å². The Hall–Kier alpha value is -0.610. The fraction of sp³-hybridized carbons (Fsp3) is 0.900. The zero-order valence-electron chi connectivity index (χ0n) is 9.03. The van der Waals surface area contributed by atoms with E-state index in [1.165, 1.54) is 0 Å². The maximum atomic E-state index is 11.5. The summed E-state index contributed by atoms with van der Waals surface area (Å²) in [7, 11) is 0.